The van der Waals surface area contributed by atoms with Crippen LogP contribution in [-0.2, 0) is 9.59 Å². The lowest BCUT2D eigenvalue weighted by Crippen LogP contribution is -2.27. The second-order valence-corrected chi connectivity index (χ2v) is 7.07. The number of carbonyl (C=O) groups is 2. The van der Waals surface area contributed by atoms with Crippen molar-refractivity contribution in [2.45, 2.75) is 20.8 Å². The molecule has 0 heterocycles. The number of nitrogens with zero attached hydrogens (tertiary/aromatic N) is 2. The summed E-state index contributed by atoms with van der Waals surface area (Å²) in [5, 5.41) is 3.96. The van der Waals surface area contributed by atoms with Crippen molar-refractivity contribution in [1.82, 2.24) is 10.3 Å². The maximum atomic E-state index is 12.0. The van der Waals surface area contributed by atoms with Crippen molar-refractivity contribution in [3.8, 4) is 17.2 Å². The third-order valence-corrected chi connectivity index (χ3v) is 4.22. The Balaban J connectivity index is 1.93. The molecule has 0 aliphatic rings. The van der Waals surface area contributed by atoms with Gasteiger partial charge in [0.25, 0.3) is 11.8 Å². The highest BCUT2D eigenvalue weighted by Gasteiger charge is 2.10. The Kier molecular flexibility index (Phi) is 8.87. The fourth-order valence-electron chi connectivity index (χ4n) is 2.48. The molecular formula is C23H29N3O5. The van der Waals surface area contributed by atoms with Gasteiger partial charge >= 0.3 is 0 Å². The molecule has 1 N–H and O–H groups in total. The van der Waals surface area contributed by atoms with E-state index >= 15 is 0 Å². The number of nitrogens with one attached hydrogen (secondary N) is 1. The van der Waals surface area contributed by atoms with Gasteiger partial charge in [-0.05, 0) is 61.7 Å². The number of aryl methyl sites for hydroxylation is 2. The van der Waals surface area contributed by atoms with E-state index in [1.54, 1.807) is 32.3 Å². The number of hydrogen-bond donors (Lipinski definition) is 1. The minimum atomic E-state index is -0.371. The second kappa shape index (κ2) is 11.6. The van der Waals surface area contributed by atoms with E-state index in [9.17, 15) is 9.59 Å². The molecule has 2 aromatic rings. The summed E-state index contributed by atoms with van der Waals surface area (Å²) in [6, 6.07) is 11.0. The zero-order valence-corrected chi connectivity index (χ0v) is 18.6. The first kappa shape index (κ1) is 23.7. The average molecular weight is 428 g/mol. The van der Waals surface area contributed by atoms with Crippen molar-refractivity contribution in [1.29, 1.82) is 0 Å². The molecule has 31 heavy (non-hydrogen) atoms. The number of amides is 2. The average Bonchev–Trinajstić information content (AvgIpc) is 2.73. The smallest absolute Gasteiger partial charge is 0.277 e. The van der Waals surface area contributed by atoms with Gasteiger partial charge in [0.05, 0.1) is 12.8 Å². The van der Waals surface area contributed by atoms with E-state index in [1.807, 2.05) is 39.0 Å². The Labute approximate surface area is 182 Å². The summed E-state index contributed by atoms with van der Waals surface area (Å²) in [6.07, 6.45) is 1.49. The van der Waals surface area contributed by atoms with Crippen molar-refractivity contribution in [2.75, 3.05) is 33.9 Å². The Morgan fingerprint density at radius 1 is 0.968 bits per heavy atom. The first-order valence-corrected chi connectivity index (χ1v) is 9.92. The molecule has 0 aromatic heterocycles. The number of benzene rings is 2. The summed E-state index contributed by atoms with van der Waals surface area (Å²) < 4.78 is 16.7. The number of hydrazone groups is 1. The molecule has 0 fully saturated rings. The van der Waals surface area contributed by atoms with E-state index in [2.05, 4.69) is 10.5 Å². The lowest BCUT2D eigenvalue weighted by Gasteiger charge is -2.14. The van der Waals surface area contributed by atoms with Crippen LogP contribution in [0.2, 0.25) is 0 Å². The fraction of sp³-hybridized carbons (Fsp3) is 0.348. The van der Waals surface area contributed by atoms with Gasteiger partial charge in [-0.2, -0.15) is 5.10 Å². The van der Waals surface area contributed by atoms with Gasteiger partial charge in [0, 0.05) is 14.1 Å². The molecule has 2 rings (SSSR count). The number of ether oxygens (including phenoxy) is 3. The van der Waals surface area contributed by atoms with Crippen LogP contribution >= 0.6 is 0 Å². The van der Waals surface area contributed by atoms with Gasteiger partial charge in [-0.1, -0.05) is 12.1 Å². The lowest BCUT2D eigenvalue weighted by molar-refractivity contribution is -0.130. The van der Waals surface area contributed by atoms with Crippen LogP contribution in [0, 0.1) is 13.8 Å². The van der Waals surface area contributed by atoms with Crippen LogP contribution in [0.5, 0.6) is 17.2 Å². The second-order valence-electron chi connectivity index (χ2n) is 7.07. The van der Waals surface area contributed by atoms with Crippen LogP contribution in [0.25, 0.3) is 0 Å². The van der Waals surface area contributed by atoms with Crippen molar-refractivity contribution in [3.63, 3.8) is 0 Å². The third kappa shape index (κ3) is 7.65. The quantitative estimate of drug-likeness (QED) is 0.465. The molecule has 0 saturated heterocycles. The molecule has 0 saturated carbocycles. The molecule has 2 amide bonds. The van der Waals surface area contributed by atoms with E-state index in [0.717, 1.165) is 11.1 Å². The molecule has 0 aliphatic carbocycles. The summed E-state index contributed by atoms with van der Waals surface area (Å²) >= 11 is 0. The van der Waals surface area contributed by atoms with Crippen LogP contribution < -0.4 is 19.6 Å². The Morgan fingerprint density at radius 2 is 1.71 bits per heavy atom. The van der Waals surface area contributed by atoms with E-state index in [0.29, 0.717) is 29.4 Å². The van der Waals surface area contributed by atoms with Gasteiger partial charge in [-0.25, -0.2) is 5.43 Å². The zero-order chi connectivity index (χ0) is 22.8. The van der Waals surface area contributed by atoms with E-state index in [-0.39, 0.29) is 25.0 Å². The van der Waals surface area contributed by atoms with Crippen LogP contribution in [0.1, 0.15) is 23.6 Å². The largest absolute Gasteiger partial charge is 0.490 e. The first-order chi connectivity index (χ1) is 14.8. The highest BCUT2D eigenvalue weighted by atomic mass is 16.5. The third-order valence-electron chi connectivity index (χ3n) is 4.22. The number of rotatable bonds is 10. The molecule has 0 aliphatic heterocycles. The Hall–Kier alpha value is -3.55. The lowest BCUT2D eigenvalue weighted by atomic mass is 10.1. The topological polar surface area (TPSA) is 89.5 Å². The van der Waals surface area contributed by atoms with E-state index < -0.39 is 0 Å². The molecule has 166 valence electrons. The molecule has 0 unspecified atom stereocenters. The normalized spacial score (nSPS) is 10.6. The minimum Gasteiger partial charge on any atom is -0.490 e. The number of likely N-dealkylation sites (N-methyl/N-ethyl adjacent to an activating group) is 1. The van der Waals surface area contributed by atoms with E-state index in [1.165, 1.54) is 11.1 Å². The Morgan fingerprint density at radius 3 is 2.42 bits per heavy atom. The first-order valence-electron chi connectivity index (χ1n) is 9.92. The number of carbonyl (C=O) groups excluding carboxylic acids is 2. The highest BCUT2D eigenvalue weighted by molar-refractivity contribution is 5.84. The predicted octanol–water partition coefficient (Wildman–Crippen LogP) is 2.70. The highest BCUT2D eigenvalue weighted by Crippen LogP contribution is 2.28. The summed E-state index contributed by atoms with van der Waals surface area (Å²) in [5.41, 5.74) is 5.15. The van der Waals surface area contributed by atoms with Crippen molar-refractivity contribution < 1.29 is 23.8 Å². The van der Waals surface area contributed by atoms with Crippen molar-refractivity contribution >= 4 is 18.0 Å². The van der Waals surface area contributed by atoms with Crippen LogP contribution in [0.3, 0.4) is 0 Å². The van der Waals surface area contributed by atoms with Crippen molar-refractivity contribution in [2.24, 2.45) is 5.10 Å². The van der Waals surface area contributed by atoms with Gasteiger partial charge in [0.1, 0.15) is 5.75 Å². The predicted molar refractivity (Wildman–Crippen MR) is 119 cm³/mol. The van der Waals surface area contributed by atoms with Crippen LogP contribution in [0.15, 0.2) is 41.5 Å². The molecule has 0 spiro atoms. The van der Waals surface area contributed by atoms with Gasteiger partial charge in [0.2, 0.25) is 0 Å². The summed E-state index contributed by atoms with van der Waals surface area (Å²) in [6.45, 7) is 5.94. The molecule has 8 nitrogen and oxygen atoms in total. The summed E-state index contributed by atoms with van der Waals surface area (Å²) in [5.74, 6) is 1.09. The maximum Gasteiger partial charge on any atom is 0.277 e. The SMILES string of the molecule is CCOc1cc(C=NNC(=O)COc2cc(C)ccc2C)ccc1OCC(=O)N(C)C. The maximum absolute atomic E-state index is 12.0. The molecule has 2 aromatic carbocycles. The monoisotopic (exact) mass is 427 g/mol. The Bertz CT molecular complexity index is 941. The standard InChI is InChI=1S/C23H29N3O5/c1-6-29-21-12-18(9-10-19(21)31-15-23(28)26(4)5)13-24-25-22(27)14-30-20-11-16(2)7-8-17(20)3/h7-13H,6,14-15H2,1-5H3,(H,25,27). The van der Waals surface area contributed by atoms with Crippen LogP contribution in [0.4, 0.5) is 0 Å². The van der Waals surface area contributed by atoms with Crippen LogP contribution in [-0.4, -0.2) is 56.8 Å². The van der Waals surface area contributed by atoms with Gasteiger partial charge in [-0.15, -0.1) is 0 Å². The molecule has 0 radical (unpaired) electrons. The molecule has 0 bridgehead atoms. The van der Waals surface area contributed by atoms with E-state index in [4.69, 9.17) is 14.2 Å². The summed E-state index contributed by atoms with van der Waals surface area (Å²) in [7, 11) is 3.33. The summed E-state index contributed by atoms with van der Waals surface area (Å²) in [4.78, 5) is 25.2. The zero-order valence-electron chi connectivity index (χ0n) is 18.6. The molecule has 0 atom stereocenters. The molecule has 8 heteroatoms. The van der Waals surface area contributed by atoms with Gasteiger partial charge in [0.15, 0.2) is 24.7 Å². The van der Waals surface area contributed by atoms with Gasteiger partial charge < -0.3 is 19.1 Å². The fourth-order valence-corrected chi connectivity index (χ4v) is 2.48. The molecular weight excluding hydrogens is 398 g/mol. The van der Waals surface area contributed by atoms with Gasteiger partial charge in [-0.3, -0.25) is 9.59 Å². The minimum absolute atomic E-state index is 0.0863. The number of hydrogen-bond acceptors (Lipinski definition) is 6. The van der Waals surface area contributed by atoms with Crippen molar-refractivity contribution in [3.05, 3.63) is 53.1 Å².